The molecule has 0 spiro atoms. The lowest BCUT2D eigenvalue weighted by Crippen LogP contribution is -2.25. The van der Waals surface area contributed by atoms with Crippen LogP contribution in [0.1, 0.15) is 12.0 Å². The highest BCUT2D eigenvalue weighted by Gasteiger charge is 2.26. The number of para-hydroxylation sites is 1. The molecule has 0 aliphatic carbocycles. The molecular formula is C16H19N3O2S. The van der Waals surface area contributed by atoms with Crippen molar-refractivity contribution >= 4 is 26.5 Å². The molecule has 0 bridgehead atoms. The Morgan fingerprint density at radius 3 is 3.00 bits per heavy atom. The summed E-state index contributed by atoms with van der Waals surface area (Å²) in [5.41, 5.74) is 1.64. The van der Waals surface area contributed by atoms with Gasteiger partial charge in [0.1, 0.15) is 0 Å². The molecule has 5 nitrogen and oxygen atoms in total. The predicted molar refractivity (Wildman–Crippen MR) is 88.2 cm³/mol. The van der Waals surface area contributed by atoms with E-state index in [1.165, 1.54) is 0 Å². The lowest BCUT2D eigenvalue weighted by molar-refractivity contribution is -0.116. The fourth-order valence-electron chi connectivity index (χ4n) is 2.81. The van der Waals surface area contributed by atoms with Gasteiger partial charge in [0.25, 0.3) is 5.91 Å². The van der Waals surface area contributed by atoms with Crippen LogP contribution in [0.5, 0.6) is 0 Å². The Hall–Kier alpha value is -1.79. The zero-order valence-corrected chi connectivity index (χ0v) is 13.3. The zero-order valence-electron chi connectivity index (χ0n) is 12.5. The van der Waals surface area contributed by atoms with Gasteiger partial charge in [-0.05, 0) is 25.1 Å². The molecule has 1 aromatic carbocycles. The van der Waals surface area contributed by atoms with Gasteiger partial charge in [0.15, 0.2) is 0 Å². The second kappa shape index (κ2) is 6.14. The summed E-state index contributed by atoms with van der Waals surface area (Å²) >= 11 is 0. The van der Waals surface area contributed by atoms with Gasteiger partial charge in [-0.15, -0.1) is 0 Å². The lowest BCUT2D eigenvalue weighted by Gasteiger charge is -2.05. The molecule has 0 saturated carbocycles. The molecule has 1 fully saturated rings. The van der Waals surface area contributed by atoms with Crippen molar-refractivity contribution < 1.29 is 9.00 Å². The normalized spacial score (nSPS) is 24.5. The molecule has 2 atom stereocenters. The molecular weight excluding hydrogens is 298 g/mol. The van der Waals surface area contributed by atoms with Crippen LogP contribution in [0.25, 0.3) is 10.9 Å². The molecule has 1 N–H and O–H groups in total. The van der Waals surface area contributed by atoms with Crippen LogP contribution < -0.4 is 5.32 Å². The molecule has 6 heteroatoms. The molecule has 3 rings (SSSR count). The topological polar surface area (TPSA) is 71.4 Å². The van der Waals surface area contributed by atoms with Crippen LogP contribution in [0.4, 0.5) is 0 Å². The second-order valence-electron chi connectivity index (χ2n) is 5.57. The molecule has 2 unspecified atom stereocenters. The summed E-state index contributed by atoms with van der Waals surface area (Å²) in [6.07, 6.45) is 2.67. The van der Waals surface area contributed by atoms with Gasteiger partial charge in [-0.3, -0.25) is 9.78 Å². The van der Waals surface area contributed by atoms with Crippen molar-refractivity contribution in [2.75, 3.05) is 18.6 Å². The molecule has 2 heterocycles. The van der Waals surface area contributed by atoms with E-state index in [4.69, 9.17) is 0 Å². The van der Waals surface area contributed by atoms with Gasteiger partial charge in [-0.1, -0.05) is 24.3 Å². The highest BCUT2D eigenvalue weighted by atomic mass is 32.2. The SMILES string of the molecule is CNC1CCS(=O)(=NC(=O)Cc2cccc3cccnc23)C1. The summed E-state index contributed by atoms with van der Waals surface area (Å²) in [5, 5.41) is 4.10. The van der Waals surface area contributed by atoms with Gasteiger partial charge in [-0.2, -0.15) is 4.36 Å². The second-order valence-corrected chi connectivity index (χ2v) is 8.04. The van der Waals surface area contributed by atoms with Crippen LogP contribution in [-0.4, -0.2) is 39.7 Å². The number of hydrogen-bond acceptors (Lipinski definition) is 4. The molecule has 1 amide bonds. The number of fused-ring (bicyclic) bond motifs is 1. The fraction of sp³-hybridized carbons (Fsp3) is 0.375. The van der Waals surface area contributed by atoms with Crippen molar-refractivity contribution in [2.24, 2.45) is 4.36 Å². The average Bonchev–Trinajstić information content (AvgIpc) is 2.88. The summed E-state index contributed by atoms with van der Waals surface area (Å²) in [6.45, 7) is 0. The first-order valence-corrected chi connectivity index (χ1v) is 9.20. The average molecular weight is 317 g/mol. The summed E-state index contributed by atoms with van der Waals surface area (Å²) in [4.78, 5) is 16.6. The highest BCUT2D eigenvalue weighted by molar-refractivity contribution is 7.94. The van der Waals surface area contributed by atoms with E-state index in [9.17, 15) is 9.00 Å². The molecule has 1 aliphatic rings. The Balaban J connectivity index is 1.84. The maximum atomic E-state index is 12.6. The Labute approximate surface area is 130 Å². The first-order valence-electron chi connectivity index (χ1n) is 7.35. The lowest BCUT2D eigenvalue weighted by atomic mass is 10.1. The molecule has 22 heavy (non-hydrogen) atoms. The maximum absolute atomic E-state index is 12.6. The minimum atomic E-state index is -2.40. The van der Waals surface area contributed by atoms with Crippen molar-refractivity contribution in [1.29, 1.82) is 0 Å². The fourth-order valence-corrected chi connectivity index (χ4v) is 5.19. The van der Waals surface area contributed by atoms with E-state index in [1.807, 2.05) is 37.4 Å². The first-order chi connectivity index (χ1) is 10.6. The van der Waals surface area contributed by atoms with Crippen LogP contribution in [0, 0.1) is 0 Å². The molecule has 2 aromatic rings. The third-order valence-electron chi connectivity index (χ3n) is 3.98. The molecule has 1 aliphatic heterocycles. The number of nitrogens with one attached hydrogen (secondary N) is 1. The number of carbonyl (C=O) groups is 1. The van der Waals surface area contributed by atoms with Crippen LogP contribution in [0.3, 0.4) is 0 Å². The zero-order chi connectivity index (χ0) is 15.6. The molecule has 1 saturated heterocycles. The number of carbonyl (C=O) groups excluding carboxylic acids is 1. The minimum absolute atomic E-state index is 0.148. The highest BCUT2D eigenvalue weighted by Crippen LogP contribution is 2.18. The summed E-state index contributed by atoms with van der Waals surface area (Å²) in [7, 11) is -0.548. The van der Waals surface area contributed by atoms with Crippen LogP contribution >= 0.6 is 0 Å². The van der Waals surface area contributed by atoms with E-state index in [0.717, 1.165) is 22.9 Å². The maximum Gasteiger partial charge on any atom is 0.258 e. The Kier molecular flexibility index (Phi) is 4.22. The predicted octanol–water partition coefficient (Wildman–Crippen LogP) is 1.76. The quantitative estimate of drug-likeness (QED) is 0.936. The number of aromatic nitrogens is 1. The third-order valence-corrected chi connectivity index (χ3v) is 6.31. The smallest absolute Gasteiger partial charge is 0.258 e. The Morgan fingerprint density at radius 1 is 1.41 bits per heavy atom. The van der Waals surface area contributed by atoms with Crippen molar-refractivity contribution in [3.8, 4) is 0 Å². The third kappa shape index (κ3) is 3.18. The Bertz CT molecular complexity index is 820. The largest absolute Gasteiger partial charge is 0.316 e. The van der Waals surface area contributed by atoms with E-state index < -0.39 is 9.73 Å². The summed E-state index contributed by atoms with van der Waals surface area (Å²) < 4.78 is 16.6. The number of nitrogens with zero attached hydrogens (tertiary/aromatic N) is 2. The van der Waals surface area contributed by atoms with Gasteiger partial charge in [0, 0.05) is 29.1 Å². The monoisotopic (exact) mass is 317 g/mol. The van der Waals surface area contributed by atoms with Gasteiger partial charge in [-0.25, -0.2) is 4.21 Å². The van der Waals surface area contributed by atoms with Gasteiger partial charge in [0.2, 0.25) is 0 Å². The summed E-state index contributed by atoms with van der Waals surface area (Å²) in [6, 6.07) is 9.76. The van der Waals surface area contributed by atoms with Crippen molar-refractivity contribution in [3.05, 3.63) is 42.1 Å². The number of pyridine rings is 1. The van der Waals surface area contributed by atoms with Crippen LogP contribution in [0.2, 0.25) is 0 Å². The van der Waals surface area contributed by atoms with Crippen molar-refractivity contribution in [3.63, 3.8) is 0 Å². The van der Waals surface area contributed by atoms with E-state index in [0.29, 0.717) is 11.5 Å². The van der Waals surface area contributed by atoms with E-state index >= 15 is 0 Å². The summed E-state index contributed by atoms with van der Waals surface area (Å²) in [5.74, 6) is 0.640. The van der Waals surface area contributed by atoms with Gasteiger partial charge < -0.3 is 5.32 Å². The van der Waals surface area contributed by atoms with Crippen LogP contribution in [-0.2, 0) is 20.9 Å². The number of amides is 1. The first kappa shape index (κ1) is 15.1. The number of benzene rings is 1. The Morgan fingerprint density at radius 2 is 2.23 bits per heavy atom. The standard InChI is InChI=1S/C16H19N3O2S/c1-17-14-7-9-22(21,11-14)19-15(20)10-13-5-2-4-12-6-3-8-18-16(12)13/h2-6,8,14,17H,7,9-11H2,1H3. The van der Waals surface area contributed by atoms with E-state index in [2.05, 4.69) is 14.7 Å². The molecule has 1 aromatic heterocycles. The molecule has 116 valence electrons. The van der Waals surface area contributed by atoms with Crippen LogP contribution in [0.15, 0.2) is 40.9 Å². The van der Waals surface area contributed by atoms with Gasteiger partial charge in [0.05, 0.1) is 21.7 Å². The number of hydrogen-bond donors (Lipinski definition) is 1. The van der Waals surface area contributed by atoms with Gasteiger partial charge >= 0.3 is 0 Å². The molecule has 0 radical (unpaired) electrons. The minimum Gasteiger partial charge on any atom is -0.316 e. The van der Waals surface area contributed by atoms with Crippen molar-refractivity contribution in [2.45, 2.75) is 18.9 Å². The number of rotatable bonds is 3. The van der Waals surface area contributed by atoms with E-state index in [1.54, 1.807) is 6.20 Å². The van der Waals surface area contributed by atoms with E-state index in [-0.39, 0.29) is 18.4 Å². The van der Waals surface area contributed by atoms with Crippen molar-refractivity contribution in [1.82, 2.24) is 10.3 Å².